The Kier molecular flexibility index (Phi) is 5.75. The Bertz CT molecular complexity index is 361. The number of hydrogen-bond donors (Lipinski definition) is 1. The molecule has 2 saturated heterocycles. The summed E-state index contributed by atoms with van der Waals surface area (Å²) < 4.78 is 0. The van der Waals surface area contributed by atoms with Crippen LogP contribution in [0.25, 0.3) is 0 Å². The molecule has 0 radical (unpaired) electrons. The topological polar surface area (TPSA) is 35.6 Å². The maximum absolute atomic E-state index is 12.3. The molecule has 3 rings (SSSR count). The average Bonchev–Trinajstić information content (AvgIpc) is 3.35. The van der Waals surface area contributed by atoms with Crippen molar-refractivity contribution in [2.24, 2.45) is 5.92 Å². The van der Waals surface area contributed by atoms with Crippen LogP contribution in [-0.2, 0) is 4.79 Å². The molecule has 1 aliphatic carbocycles. The molecule has 0 aromatic rings. The van der Waals surface area contributed by atoms with Gasteiger partial charge in [-0.05, 0) is 71.0 Å². The van der Waals surface area contributed by atoms with Gasteiger partial charge in [-0.3, -0.25) is 9.69 Å². The van der Waals surface area contributed by atoms with Crippen LogP contribution in [0, 0.1) is 5.92 Å². The number of piperidine rings is 1. The van der Waals surface area contributed by atoms with Gasteiger partial charge in [0.15, 0.2) is 0 Å². The molecule has 0 aromatic carbocycles. The minimum atomic E-state index is 0.0486. The van der Waals surface area contributed by atoms with Crippen LogP contribution in [0.3, 0.4) is 0 Å². The highest BCUT2D eigenvalue weighted by Crippen LogP contribution is 2.23. The molecule has 2 heterocycles. The summed E-state index contributed by atoms with van der Waals surface area (Å²) in [6, 6.07) is 0.528. The molecular weight excluding hydrogens is 274 g/mol. The normalized spacial score (nSPS) is 29.8. The monoisotopic (exact) mass is 307 g/mol. The van der Waals surface area contributed by atoms with E-state index in [1.807, 2.05) is 0 Å². The zero-order chi connectivity index (χ0) is 15.4. The highest BCUT2D eigenvalue weighted by molar-refractivity contribution is 5.81. The lowest BCUT2D eigenvalue weighted by Crippen LogP contribution is -2.51. The predicted octanol–water partition coefficient (Wildman–Crippen LogP) is 2.24. The molecule has 0 bridgehead atoms. The van der Waals surface area contributed by atoms with Gasteiger partial charge in [0.1, 0.15) is 0 Å². The van der Waals surface area contributed by atoms with Crippen molar-refractivity contribution in [3.63, 3.8) is 0 Å². The van der Waals surface area contributed by atoms with Gasteiger partial charge in [0.05, 0.1) is 6.04 Å². The molecule has 0 unspecified atom stereocenters. The zero-order valence-corrected chi connectivity index (χ0v) is 14.2. The highest BCUT2D eigenvalue weighted by Gasteiger charge is 2.31. The van der Waals surface area contributed by atoms with Crippen molar-refractivity contribution >= 4 is 5.91 Å². The van der Waals surface area contributed by atoms with Crippen LogP contribution in [0.1, 0.15) is 58.3 Å². The van der Waals surface area contributed by atoms with Crippen LogP contribution in [0.2, 0.25) is 0 Å². The third kappa shape index (κ3) is 4.69. The average molecular weight is 307 g/mol. The van der Waals surface area contributed by atoms with Crippen LogP contribution in [0.15, 0.2) is 0 Å². The van der Waals surface area contributed by atoms with E-state index in [0.29, 0.717) is 6.04 Å². The fourth-order valence-electron chi connectivity index (χ4n) is 4.00. The van der Waals surface area contributed by atoms with Crippen molar-refractivity contribution in [1.29, 1.82) is 0 Å². The first-order valence-electron chi connectivity index (χ1n) is 9.49. The summed E-state index contributed by atoms with van der Waals surface area (Å²) in [5, 5.41) is 3.16. The predicted molar refractivity (Wildman–Crippen MR) is 89.8 cm³/mol. The van der Waals surface area contributed by atoms with Gasteiger partial charge < -0.3 is 10.2 Å². The Morgan fingerprint density at radius 3 is 2.45 bits per heavy atom. The zero-order valence-electron chi connectivity index (χ0n) is 14.2. The molecule has 0 aromatic heterocycles. The summed E-state index contributed by atoms with van der Waals surface area (Å²) in [4.78, 5) is 17.4. The molecule has 3 aliphatic rings. The van der Waals surface area contributed by atoms with Crippen molar-refractivity contribution in [2.45, 2.75) is 70.4 Å². The van der Waals surface area contributed by atoms with E-state index in [0.717, 1.165) is 19.0 Å². The molecule has 1 amide bonds. The molecule has 4 heteroatoms. The van der Waals surface area contributed by atoms with Gasteiger partial charge in [0, 0.05) is 19.1 Å². The van der Waals surface area contributed by atoms with E-state index in [9.17, 15) is 4.79 Å². The SMILES string of the molecule is C[C@@H](C(=O)NC1CC1)N1CCC[C@@H](CN2CCCCCC2)C1. The summed E-state index contributed by atoms with van der Waals surface area (Å²) >= 11 is 0. The molecule has 2 aliphatic heterocycles. The lowest BCUT2D eigenvalue weighted by atomic mass is 9.96. The first kappa shape index (κ1) is 16.3. The van der Waals surface area contributed by atoms with E-state index in [-0.39, 0.29) is 11.9 Å². The minimum absolute atomic E-state index is 0.0486. The number of likely N-dealkylation sites (tertiary alicyclic amines) is 2. The molecule has 2 atom stereocenters. The highest BCUT2D eigenvalue weighted by atomic mass is 16.2. The third-order valence-corrected chi connectivity index (χ3v) is 5.62. The summed E-state index contributed by atoms with van der Waals surface area (Å²) in [6.07, 6.45) is 10.5. The van der Waals surface area contributed by atoms with E-state index >= 15 is 0 Å². The van der Waals surface area contributed by atoms with Gasteiger partial charge in [-0.1, -0.05) is 12.8 Å². The smallest absolute Gasteiger partial charge is 0.237 e. The van der Waals surface area contributed by atoms with Gasteiger partial charge in [-0.15, -0.1) is 0 Å². The molecule has 0 spiro atoms. The molecule has 4 nitrogen and oxygen atoms in total. The van der Waals surface area contributed by atoms with Crippen molar-refractivity contribution in [2.75, 3.05) is 32.7 Å². The van der Waals surface area contributed by atoms with Crippen LogP contribution in [-0.4, -0.2) is 60.5 Å². The van der Waals surface area contributed by atoms with Crippen molar-refractivity contribution in [3.05, 3.63) is 0 Å². The van der Waals surface area contributed by atoms with Gasteiger partial charge >= 0.3 is 0 Å². The summed E-state index contributed by atoms with van der Waals surface area (Å²) in [5.74, 6) is 1.00. The van der Waals surface area contributed by atoms with Crippen LogP contribution in [0.5, 0.6) is 0 Å². The second-order valence-electron chi connectivity index (χ2n) is 7.68. The fraction of sp³-hybridized carbons (Fsp3) is 0.944. The lowest BCUT2D eigenvalue weighted by molar-refractivity contribution is -0.126. The van der Waals surface area contributed by atoms with Crippen molar-refractivity contribution in [3.8, 4) is 0 Å². The molecule has 3 fully saturated rings. The number of carbonyl (C=O) groups excluding carboxylic acids is 1. The second kappa shape index (κ2) is 7.78. The largest absolute Gasteiger partial charge is 0.352 e. The van der Waals surface area contributed by atoms with Crippen LogP contribution in [0.4, 0.5) is 0 Å². The van der Waals surface area contributed by atoms with Crippen molar-refractivity contribution in [1.82, 2.24) is 15.1 Å². The lowest BCUT2D eigenvalue weighted by Gasteiger charge is -2.38. The van der Waals surface area contributed by atoms with Crippen molar-refractivity contribution < 1.29 is 4.79 Å². The second-order valence-corrected chi connectivity index (χ2v) is 7.68. The number of hydrogen-bond acceptors (Lipinski definition) is 3. The number of carbonyl (C=O) groups is 1. The van der Waals surface area contributed by atoms with E-state index in [4.69, 9.17) is 0 Å². The maximum Gasteiger partial charge on any atom is 0.237 e. The fourth-order valence-corrected chi connectivity index (χ4v) is 4.00. The van der Waals surface area contributed by atoms with E-state index in [2.05, 4.69) is 22.0 Å². The first-order chi connectivity index (χ1) is 10.7. The Labute approximate surface area is 135 Å². The minimum Gasteiger partial charge on any atom is -0.352 e. The number of nitrogens with zero attached hydrogens (tertiary/aromatic N) is 2. The van der Waals surface area contributed by atoms with Crippen LogP contribution >= 0.6 is 0 Å². The third-order valence-electron chi connectivity index (χ3n) is 5.62. The number of amides is 1. The van der Waals surface area contributed by atoms with E-state index < -0.39 is 0 Å². The van der Waals surface area contributed by atoms with Gasteiger partial charge in [-0.25, -0.2) is 0 Å². The van der Waals surface area contributed by atoms with Gasteiger partial charge in [-0.2, -0.15) is 0 Å². The van der Waals surface area contributed by atoms with Gasteiger partial charge in [0.2, 0.25) is 5.91 Å². The molecular formula is C18H33N3O. The van der Waals surface area contributed by atoms with Crippen LogP contribution < -0.4 is 5.32 Å². The standard InChI is InChI=1S/C18H33N3O/c1-15(18(22)19-17-8-9-17)21-12-6-7-16(14-21)13-20-10-4-2-3-5-11-20/h15-17H,2-14H2,1H3,(H,19,22)/t15-,16-/m0/s1. The Hall–Kier alpha value is -0.610. The summed E-state index contributed by atoms with van der Waals surface area (Å²) in [6.45, 7) is 8.10. The number of nitrogens with one attached hydrogen (secondary N) is 1. The summed E-state index contributed by atoms with van der Waals surface area (Å²) in [5.41, 5.74) is 0. The molecule has 1 N–H and O–H groups in total. The Morgan fingerprint density at radius 2 is 1.77 bits per heavy atom. The number of rotatable bonds is 5. The summed E-state index contributed by atoms with van der Waals surface area (Å²) in [7, 11) is 0. The van der Waals surface area contributed by atoms with E-state index in [1.165, 1.54) is 71.0 Å². The molecule has 126 valence electrons. The van der Waals surface area contributed by atoms with Gasteiger partial charge in [0.25, 0.3) is 0 Å². The molecule has 1 saturated carbocycles. The Balaban J connectivity index is 1.46. The quantitative estimate of drug-likeness (QED) is 0.846. The Morgan fingerprint density at radius 1 is 1.05 bits per heavy atom. The van der Waals surface area contributed by atoms with E-state index in [1.54, 1.807) is 0 Å². The maximum atomic E-state index is 12.3. The first-order valence-corrected chi connectivity index (χ1v) is 9.49. The molecule has 22 heavy (non-hydrogen) atoms.